The number of methoxy groups -OCH3 is 1. The van der Waals surface area contributed by atoms with Crippen molar-refractivity contribution < 1.29 is 22.7 Å². The van der Waals surface area contributed by atoms with Crippen molar-refractivity contribution in [3.63, 3.8) is 0 Å². The molecule has 0 bridgehead atoms. The molecule has 0 spiro atoms. The van der Waals surface area contributed by atoms with E-state index in [2.05, 4.69) is 9.72 Å². The van der Waals surface area contributed by atoms with E-state index in [0.717, 1.165) is 28.2 Å². The molecule has 3 atom stereocenters. The second kappa shape index (κ2) is 9.43. The molecule has 0 saturated carbocycles. The van der Waals surface area contributed by atoms with Gasteiger partial charge in [-0.1, -0.05) is 25.1 Å². The largest absolute Gasteiger partial charge is 0.466 e. The number of ether oxygens (including phenoxy) is 1. The summed E-state index contributed by atoms with van der Waals surface area (Å²) < 4.78 is 48.9. The molecule has 4 rings (SSSR count). The number of hydrogen-bond acceptors (Lipinski definition) is 3. The van der Waals surface area contributed by atoms with Gasteiger partial charge in [-0.2, -0.15) is 0 Å². The van der Waals surface area contributed by atoms with Crippen LogP contribution in [0.3, 0.4) is 0 Å². The van der Waals surface area contributed by atoms with Crippen LogP contribution in [-0.2, 0) is 16.0 Å². The van der Waals surface area contributed by atoms with E-state index in [4.69, 9.17) is 0 Å². The first-order chi connectivity index (χ1) is 15.8. The summed E-state index contributed by atoms with van der Waals surface area (Å²) in [7, 11) is 1.23. The number of fused-ring (bicyclic) bond motifs is 3. The summed E-state index contributed by atoms with van der Waals surface area (Å²) in [5.41, 5.74) is 2.79. The van der Waals surface area contributed by atoms with Crippen LogP contribution in [0.25, 0.3) is 17.0 Å². The van der Waals surface area contributed by atoms with Crippen LogP contribution in [-0.4, -0.2) is 42.2 Å². The van der Waals surface area contributed by atoms with Gasteiger partial charge in [-0.15, -0.1) is 0 Å². The number of alkyl halides is 1. The minimum Gasteiger partial charge on any atom is -0.466 e. The molecule has 0 saturated heterocycles. The Morgan fingerprint density at radius 3 is 2.64 bits per heavy atom. The van der Waals surface area contributed by atoms with Gasteiger partial charge in [0.25, 0.3) is 0 Å². The normalized spacial score (nSPS) is 19.7. The summed E-state index contributed by atoms with van der Waals surface area (Å²) >= 11 is 0. The molecule has 0 amide bonds. The van der Waals surface area contributed by atoms with Gasteiger partial charge in [0.2, 0.25) is 0 Å². The molecular formula is C26H27F3N2O2. The number of esters is 1. The first-order valence-corrected chi connectivity index (χ1v) is 11.0. The van der Waals surface area contributed by atoms with Crippen molar-refractivity contribution in [1.29, 1.82) is 0 Å². The number of halogens is 3. The number of aromatic amines is 1. The smallest absolute Gasteiger partial charge is 0.330 e. The van der Waals surface area contributed by atoms with Gasteiger partial charge >= 0.3 is 5.97 Å². The highest BCUT2D eigenvalue weighted by molar-refractivity contribution is 5.87. The molecular weight excluding hydrogens is 429 g/mol. The highest BCUT2D eigenvalue weighted by atomic mass is 19.1. The predicted octanol–water partition coefficient (Wildman–Crippen LogP) is 5.57. The zero-order valence-electron chi connectivity index (χ0n) is 18.9. The minimum atomic E-state index is -0.733. The number of rotatable bonds is 6. The summed E-state index contributed by atoms with van der Waals surface area (Å²) in [5, 5.41) is 1.03. The molecule has 0 unspecified atom stereocenters. The number of benzene rings is 2. The van der Waals surface area contributed by atoms with Crippen molar-refractivity contribution >= 4 is 22.9 Å². The predicted molar refractivity (Wildman–Crippen MR) is 123 cm³/mol. The van der Waals surface area contributed by atoms with Crippen molar-refractivity contribution in [2.24, 2.45) is 5.92 Å². The molecule has 4 nitrogen and oxygen atoms in total. The number of hydrogen-bond donors (Lipinski definition) is 1. The third-order valence-corrected chi connectivity index (χ3v) is 6.29. The van der Waals surface area contributed by atoms with Crippen molar-refractivity contribution in [3.05, 3.63) is 76.5 Å². The lowest BCUT2D eigenvalue weighted by molar-refractivity contribution is -0.134. The molecule has 174 valence electrons. The molecule has 1 aliphatic heterocycles. The molecule has 1 N–H and O–H groups in total. The number of carbonyl (C=O) groups excluding carboxylic acids is 1. The number of H-pyrrole nitrogens is 1. The van der Waals surface area contributed by atoms with Crippen LogP contribution in [0, 0.1) is 17.6 Å². The minimum absolute atomic E-state index is 0.0478. The molecule has 0 aliphatic carbocycles. The standard InChI is InChI=1S/C26H27F3N2O2/c1-15(13-27)14-31-16(2)10-19-18-6-4-5-7-22(18)30-25(19)26(31)24-20(28)11-17(12-21(24)29)8-9-23(32)33-3/h4-9,11-12,15-16,26,30H,10,13-14H2,1-3H3/t15-,16-,26-/m1/s1. The number of para-hydroxylation sites is 1. The van der Waals surface area contributed by atoms with Crippen LogP contribution >= 0.6 is 0 Å². The van der Waals surface area contributed by atoms with E-state index in [0.29, 0.717) is 13.0 Å². The Morgan fingerprint density at radius 2 is 1.97 bits per heavy atom. The van der Waals surface area contributed by atoms with Crippen LogP contribution in [0.4, 0.5) is 13.2 Å². The Labute approximate surface area is 191 Å². The average molecular weight is 457 g/mol. The lowest BCUT2D eigenvalue weighted by Gasteiger charge is -2.42. The zero-order chi connectivity index (χ0) is 23.7. The van der Waals surface area contributed by atoms with Gasteiger partial charge in [0.1, 0.15) is 11.6 Å². The van der Waals surface area contributed by atoms with Crippen LogP contribution in [0.5, 0.6) is 0 Å². The van der Waals surface area contributed by atoms with Crippen molar-refractivity contribution in [2.45, 2.75) is 32.4 Å². The van der Waals surface area contributed by atoms with E-state index in [1.54, 1.807) is 6.92 Å². The first-order valence-electron chi connectivity index (χ1n) is 11.0. The fourth-order valence-electron chi connectivity index (χ4n) is 4.71. The van der Waals surface area contributed by atoms with E-state index in [9.17, 15) is 9.18 Å². The van der Waals surface area contributed by atoms with Gasteiger partial charge in [-0.05, 0) is 54.7 Å². The maximum absolute atomic E-state index is 15.5. The van der Waals surface area contributed by atoms with Gasteiger partial charge < -0.3 is 9.72 Å². The number of nitrogens with one attached hydrogen (secondary N) is 1. The average Bonchev–Trinajstić information content (AvgIpc) is 3.16. The molecule has 2 heterocycles. The van der Waals surface area contributed by atoms with Gasteiger partial charge in [-0.25, -0.2) is 13.6 Å². The molecule has 2 aromatic carbocycles. The molecule has 7 heteroatoms. The van der Waals surface area contributed by atoms with Gasteiger partial charge in [0, 0.05) is 40.8 Å². The molecule has 1 aromatic heterocycles. The van der Waals surface area contributed by atoms with Gasteiger partial charge in [-0.3, -0.25) is 9.29 Å². The Hall–Kier alpha value is -3.06. The van der Waals surface area contributed by atoms with E-state index >= 15 is 8.78 Å². The number of aromatic nitrogens is 1. The summed E-state index contributed by atoms with van der Waals surface area (Å²) in [4.78, 5) is 16.7. The lowest BCUT2D eigenvalue weighted by atomic mass is 9.87. The van der Waals surface area contributed by atoms with Crippen LogP contribution in [0.15, 0.2) is 42.5 Å². The molecule has 3 aromatic rings. The second-order valence-corrected chi connectivity index (χ2v) is 8.73. The Bertz CT molecular complexity index is 1180. The maximum Gasteiger partial charge on any atom is 0.330 e. The monoisotopic (exact) mass is 456 g/mol. The number of nitrogens with zero attached hydrogens (tertiary/aromatic N) is 1. The third kappa shape index (κ3) is 4.42. The van der Waals surface area contributed by atoms with Gasteiger partial charge in [0.05, 0.1) is 19.8 Å². The molecule has 0 radical (unpaired) electrons. The van der Waals surface area contributed by atoms with Crippen LogP contribution in [0.2, 0.25) is 0 Å². The fraction of sp³-hybridized carbons (Fsp3) is 0.346. The quantitative estimate of drug-likeness (QED) is 0.389. The Morgan fingerprint density at radius 1 is 1.27 bits per heavy atom. The highest BCUT2D eigenvalue weighted by Gasteiger charge is 2.39. The van der Waals surface area contributed by atoms with E-state index < -0.39 is 30.3 Å². The summed E-state index contributed by atoms with van der Waals surface area (Å²) in [5.74, 6) is -2.34. The lowest BCUT2D eigenvalue weighted by Crippen LogP contribution is -2.45. The highest BCUT2D eigenvalue weighted by Crippen LogP contribution is 2.42. The molecule has 0 fully saturated rings. The Kier molecular flexibility index (Phi) is 6.61. The van der Waals surface area contributed by atoms with Crippen LogP contribution < -0.4 is 0 Å². The molecule has 1 aliphatic rings. The number of carbonyl (C=O) groups is 1. The maximum atomic E-state index is 15.5. The topological polar surface area (TPSA) is 45.3 Å². The van der Waals surface area contributed by atoms with Crippen molar-refractivity contribution in [3.8, 4) is 0 Å². The first kappa shape index (κ1) is 23.1. The zero-order valence-corrected chi connectivity index (χ0v) is 18.9. The second-order valence-electron chi connectivity index (χ2n) is 8.73. The van der Waals surface area contributed by atoms with Crippen LogP contribution in [0.1, 0.15) is 42.3 Å². The van der Waals surface area contributed by atoms with E-state index in [1.165, 1.54) is 25.3 Å². The summed E-state index contributed by atoms with van der Waals surface area (Å²) in [6.07, 6.45) is 3.11. The third-order valence-electron chi connectivity index (χ3n) is 6.29. The fourth-order valence-corrected chi connectivity index (χ4v) is 4.71. The van der Waals surface area contributed by atoms with Crippen molar-refractivity contribution in [2.75, 3.05) is 20.3 Å². The SMILES string of the molecule is COC(=O)C=Cc1cc(F)c([C@@H]2c3[nH]c4ccccc4c3C[C@@H](C)N2C[C@H](C)CF)c(F)c1. The Balaban J connectivity index is 1.87. The van der Waals surface area contributed by atoms with E-state index in [1.807, 2.05) is 36.1 Å². The molecule has 33 heavy (non-hydrogen) atoms. The summed E-state index contributed by atoms with van der Waals surface area (Å²) in [6.45, 7) is 3.64. The van der Waals surface area contributed by atoms with Crippen molar-refractivity contribution in [1.82, 2.24) is 9.88 Å². The van der Waals surface area contributed by atoms with Gasteiger partial charge in [0.15, 0.2) is 0 Å². The summed E-state index contributed by atoms with van der Waals surface area (Å²) in [6, 6.07) is 9.43. The van der Waals surface area contributed by atoms with E-state index in [-0.39, 0.29) is 23.1 Å².